The van der Waals surface area contributed by atoms with Crippen LogP contribution in [0.4, 0.5) is 0 Å². The number of pyridine rings is 6. The quantitative estimate of drug-likeness (QED) is 0.0210. The molecule has 0 spiro atoms. The zero-order chi connectivity index (χ0) is 97.9. The molecule has 694 valence electrons. The van der Waals surface area contributed by atoms with Crippen LogP contribution in [0.3, 0.4) is 0 Å². The summed E-state index contributed by atoms with van der Waals surface area (Å²) in [6.45, 7) is 0. The summed E-state index contributed by atoms with van der Waals surface area (Å²) in [6.07, 6.45) is 1.78. The van der Waals surface area contributed by atoms with Gasteiger partial charge in [0.15, 0.2) is 54.9 Å². The second-order valence-electron chi connectivity index (χ2n) is 25.4. The predicted octanol–water partition coefficient (Wildman–Crippen LogP) is 6.98. The molecule has 0 aliphatic carbocycles. The Bertz CT molecular complexity index is 4840. The molecule has 20 N–H and O–H groups in total. The molecule has 131 heavy (non-hydrogen) atoms. The highest BCUT2D eigenvalue weighted by atomic mass is 32.1. The van der Waals surface area contributed by atoms with E-state index < -0.39 is 121 Å². The number of aliphatic hydroxyl groups excluding tert-OH is 12. The van der Waals surface area contributed by atoms with E-state index in [0.717, 1.165) is 27.9 Å². The lowest BCUT2D eigenvalue weighted by molar-refractivity contribution is -0.147. The van der Waals surface area contributed by atoms with E-state index in [2.05, 4.69) is 29.9 Å². The standard InChI is InChI=1S/2C8H8N2O.4C8H9NO3.C7H7NOS.2C7H8O3S.C6H5NOS.2C6H6O3S/c9-5-8(11)4-7-2-1-3-10-6-7;9-6-8(11)5-7-3-1-2-4-10-7;2*10-7(8(11)12)4-6-2-1-3-9-5-6;2*10-7(8(11)12)5-6-3-1-2-4-9-6;8-4-7(9)3-6-1-2-10-5-6;2*8-6(7(9)10)3-5-1-2-11-4-5;7-4-5(8)6-2-1-3-9-6;2*7-5(6(8)9)4-2-1-3-10-4/h1-3,6,8,11H,4H2;1-4,8,11H,5H2;2*1-3,5,7,10H,4H2,(H,11,12);2*1-4,7,10H,5H2,(H,11,12);1-2,5,7,9H,3H2;2*1-2,4,6,8H,3H2,(H,9,10);1-3,5,8H;2*1-3,5,7H,(H,8,9)/t;;4*7-;;2*6-;;2*5-/m..1010.10.10/s1. The first kappa shape index (κ1) is 115. The molecule has 44 heteroatoms. The minimum absolute atomic E-state index is 0.0518. The Labute approximate surface area is 772 Å². The number of carboxylic acid groups (broad SMARTS) is 8. The van der Waals surface area contributed by atoms with E-state index in [1.165, 1.54) is 69.1 Å². The van der Waals surface area contributed by atoms with E-state index >= 15 is 0 Å². The number of nitrogens with zero attached hydrogens (tertiary/aromatic N) is 10. The Morgan fingerprint density at radius 3 is 0.771 bits per heavy atom. The highest BCUT2D eigenvalue weighted by Gasteiger charge is 2.20. The molecule has 0 fully saturated rings. The van der Waals surface area contributed by atoms with Crippen LogP contribution in [-0.4, -0.2) is 235 Å². The molecule has 0 amide bonds. The van der Waals surface area contributed by atoms with Crippen molar-refractivity contribution in [3.8, 4) is 24.3 Å². The van der Waals surface area contributed by atoms with Gasteiger partial charge in [-0.1, -0.05) is 54.6 Å². The van der Waals surface area contributed by atoms with Crippen molar-refractivity contribution in [2.45, 2.75) is 131 Å². The Kier molecular flexibility index (Phi) is 61.1. The molecular formula is C87H92N10O28S6. The number of rotatable bonds is 29. The number of aliphatic carboxylic acids is 8. The zero-order valence-electron chi connectivity index (χ0n) is 68.7. The van der Waals surface area contributed by atoms with Crippen molar-refractivity contribution in [3.05, 3.63) is 315 Å². The maximum Gasteiger partial charge on any atom is 0.338 e. The molecule has 12 atom stereocenters. The van der Waals surface area contributed by atoms with Crippen LogP contribution in [0, 0.1) is 45.3 Å². The monoisotopic (exact) mass is 1920 g/mol. The average Bonchev–Trinajstić information content (AvgIpc) is 1.15. The second kappa shape index (κ2) is 69.4. The fourth-order valence-electron chi connectivity index (χ4n) is 8.58. The molecule has 0 aromatic carbocycles. The number of carboxylic acids is 8. The second-order valence-corrected chi connectivity index (χ2v) is 30.7. The van der Waals surface area contributed by atoms with Crippen LogP contribution in [-0.2, 0) is 96.1 Å². The van der Waals surface area contributed by atoms with Gasteiger partial charge < -0.3 is 102 Å². The third kappa shape index (κ3) is 56.3. The maximum absolute atomic E-state index is 10.2. The van der Waals surface area contributed by atoms with Crippen molar-refractivity contribution in [1.82, 2.24) is 29.9 Å². The molecule has 4 unspecified atom stereocenters. The van der Waals surface area contributed by atoms with Crippen LogP contribution in [0.5, 0.6) is 0 Å². The van der Waals surface area contributed by atoms with Gasteiger partial charge in [-0.15, -0.1) is 34.0 Å². The first-order chi connectivity index (χ1) is 62.4. The number of aromatic nitrogens is 6. The smallest absolute Gasteiger partial charge is 0.338 e. The summed E-state index contributed by atoms with van der Waals surface area (Å²) in [6, 6.07) is 48.7. The van der Waals surface area contributed by atoms with Crippen molar-refractivity contribution in [1.29, 1.82) is 21.0 Å². The molecule has 12 aromatic heterocycles. The third-order valence-electron chi connectivity index (χ3n) is 15.1. The molecule has 12 rings (SSSR count). The van der Waals surface area contributed by atoms with Crippen molar-refractivity contribution >= 4 is 116 Å². The van der Waals surface area contributed by atoms with Crippen molar-refractivity contribution in [2.24, 2.45) is 0 Å². The predicted molar refractivity (Wildman–Crippen MR) is 477 cm³/mol. The normalized spacial score (nSPS) is 12.5. The largest absolute Gasteiger partial charge is 0.479 e. The average molecular weight is 1920 g/mol. The van der Waals surface area contributed by atoms with Crippen LogP contribution >= 0.6 is 68.0 Å². The number of nitriles is 4. The third-order valence-corrected chi connectivity index (χ3v) is 20.0. The molecule has 38 nitrogen and oxygen atoms in total. The zero-order valence-corrected chi connectivity index (χ0v) is 73.6. The molecule has 12 aromatic rings. The molecule has 0 aliphatic rings. The summed E-state index contributed by atoms with van der Waals surface area (Å²) in [5.41, 5.74) is 6.96. The van der Waals surface area contributed by atoms with Crippen LogP contribution in [0.25, 0.3) is 0 Å². The summed E-state index contributed by atoms with van der Waals surface area (Å²) >= 11 is 8.39. The Morgan fingerprint density at radius 2 is 0.534 bits per heavy atom. The van der Waals surface area contributed by atoms with Gasteiger partial charge >= 0.3 is 47.8 Å². The molecule has 0 radical (unpaired) electrons. The van der Waals surface area contributed by atoms with Gasteiger partial charge in [0.05, 0.1) is 24.3 Å². The number of aliphatic hydroxyl groups is 12. The lowest BCUT2D eigenvalue weighted by Gasteiger charge is -2.03. The molecule has 0 aliphatic heterocycles. The number of hydrogen-bond acceptors (Lipinski definition) is 36. The maximum atomic E-state index is 10.2. The number of carbonyl (C=O) groups is 8. The molecule has 0 saturated carbocycles. The van der Waals surface area contributed by atoms with Gasteiger partial charge in [-0.05, 0) is 173 Å². The molecule has 12 heterocycles. The van der Waals surface area contributed by atoms with E-state index in [-0.39, 0.29) is 38.5 Å². The van der Waals surface area contributed by atoms with E-state index in [4.69, 9.17) is 123 Å². The highest BCUT2D eigenvalue weighted by molar-refractivity contribution is 7.10. The lowest BCUT2D eigenvalue weighted by Crippen LogP contribution is -2.22. The van der Waals surface area contributed by atoms with Gasteiger partial charge in [0, 0.05) is 145 Å². The van der Waals surface area contributed by atoms with Crippen molar-refractivity contribution < 1.29 is 140 Å². The summed E-state index contributed by atoms with van der Waals surface area (Å²) < 4.78 is 0. The summed E-state index contributed by atoms with van der Waals surface area (Å²) in [4.78, 5) is 106. The van der Waals surface area contributed by atoms with Crippen LogP contribution < -0.4 is 0 Å². The highest BCUT2D eigenvalue weighted by Crippen LogP contribution is 2.21. The Morgan fingerprint density at radius 1 is 0.267 bits per heavy atom. The fraction of sp³-hybridized carbons (Fsp3) is 0.241. The van der Waals surface area contributed by atoms with E-state index in [9.17, 15) is 38.4 Å². The van der Waals surface area contributed by atoms with Crippen molar-refractivity contribution in [3.63, 3.8) is 0 Å². The number of hydrogen-bond donors (Lipinski definition) is 20. The van der Waals surface area contributed by atoms with Gasteiger partial charge in [0.2, 0.25) is 0 Å². The minimum Gasteiger partial charge on any atom is -0.479 e. The van der Waals surface area contributed by atoms with E-state index in [0.29, 0.717) is 56.4 Å². The van der Waals surface area contributed by atoms with Crippen LogP contribution in [0.15, 0.2) is 250 Å². The minimum atomic E-state index is -1.36. The fourth-order valence-corrected chi connectivity index (χ4v) is 12.7. The van der Waals surface area contributed by atoms with Gasteiger partial charge in [0.25, 0.3) is 0 Å². The van der Waals surface area contributed by atoms with Gasteiger partial charge in [-0.3, -0.25) is 29.9 Å². The first-order valence-electron chi connectivity index (χ1n) is 37.5. The van der Waals surface area contributed by atoms with Crippen LogP contribution in [0.2, 0.25) is 0 Å². The Hall–Kier alpha value is -13.7. The Balaban J connectivity index is 0.000000715. The summed E-state index contributed by atoms with van der Waals surface area (Å²) in [5, 5.41) is 223. The summed E-state index contributed by atoms with van der Waals surface area (Å²) in [5.74, 6) is -9.61. The molecular weight excluding hydrogens is 1830 g/mol. The van der Waals surface area contributed by atoms with Crippen LogP contribution in [0.1, 0.15) is 83.4 Å². The molecule has 0 bridgehead atoms. The SMILES string of the molecule is N#CC(O)Cc1ccccn1.N#CC(O)Cc1cccnc1.N#CC(O)Cc1ccsc1.N#CC(O)c1cccs1.O=C(O)[C@@H](O)Cc1ccccn1.O=C(O)[C@@H](O)Cc1cccnc1.O=C(O)[C@@H](O)Cc1ccsc1.O=C(O)[C@@H](O)c1cccs1.O=C(O)[C@H](O)Cc1ccccn1.O=C(O)[C@H](O)Cc1cccnc1.O=C(O)[C@H](O)Cc1ccsc1.O=C(O)[C@H](O)c1cccs1. The van der Waals surface area contributed by atoms with Gasteiger partial charge in [0.1, 0.15) is 18.3 Å². The first-order valence-corrected chi connectivity index (χ1v) is 43.0. The van der Waals surface area contributed by atoms with E-state index in [1.807, 2.05) is 55.9 Å². The van der Waals surface area contributed by atoms with Gasteiger partial charge in [-0.2, -0.15) is 55.1 Å². The summed E-state index contributed by atoms with van der Waals surface area (Å²) in [7, 11) is 0. The topological polar surface area (TPSA) is 714 Å². The lowest BCUT2D eigenvalue weighted by atomic mass is 10.1. The molecule has 0 saturated heterocycles. The van der Waals surface area contributed by atoms with Crippen molar-refractivity contribution in [2.75, 3.05) is 0 Å². The van der Waals surface area contributed by atoms with E-state index in [1.54, 1.807) is 217 Å². The van der Waals surface area contributed by atoms with Gasteiger partial charge in [-0.25, -0.2) is 38.4 Å². The number of thiophene rings is 6.